The third kappa shape index (κ3) is 3.19. The number of likely N-dealkylation sites (N-methyl/N-ethyl adjacent to an activating group) is 1. The van der Waals surface area contributed by atoms with Crippen molar-refractivity contribution in [1.82, 2.24) is 24.6 Å². The topological polar surface area (TPSA) is 71.3 Å². The summed E-state index contributed by atoms with van der Waals surface area (Å²) in [5.41, 5.74) is 0.632. The molecular formula is C18H19Cl2N5O2. The molecule has 1 atom stereocenters. The van der Waals surface area contributed by atoms with Crippen LogP contribution in [0.5, 0.6) is 0 Å². The van der Waals surface area contributed by atoms with Crippen LogP contribution in [0, 0.1) is 0 Å². The molecule has 142 valence electrons. The summed E-state index contributed by atoms with van der Waals surface area (Å²) in [6, 6.07) is 3.89. The van der Waals surface area contributed by atoms with Crippen LogP contribution in [0.2, 0.25) is 10.0 Å². The van der Waals surface area contributed by atoms with E-state index in [2.05, 4.69) is 10.2 Å². The van der Waals surface area contributed by atoms with Crippen LogP contribution in [0.25, 0.3) is 0 Å². The Kier molecular flexibility index (Phi) is 4.82. The molecular weight excluding hydrogens is 389 g/mol. The summed E-state index contributed by atoms with van der Waals surface area (Å²) in [7, 11) is 1.61. The van der Waals surface area contributed by atoms with Crippen LogP contribution < -0.4 is 0 Å². The fourth-order valence-electron chi connectivity index (χ4n) is 3.71. The van der Waals surface area contributed by atoms with Crippen molar-refractivity contribution in [1.29, 1.82) is 0 Å². The number of imide groups is 1. The summed E-state index contributed by atoms with van der Waals surface area (Å²) >= 11 is 12.1. The van der Waals surface area contributed by atoms with Crippen LogP contribution in [0.1, 0.15) is 42.5 Å². The van der Waals surface area contributed by atoms with Crippen molar-refractivity contribution in [3.63, 3.8) is 0 Å². The van der Waals surface area contributed by atoms with Gasteiger partial charge in [0.2, 0.25) is 0 Å². The second-order valence-electron chi connectivity index (χ2n) is 6.89. The highest BCUT2D eigenvalue weighted by Gasteiger charge is 2.44. The lowest BCUT2D eigenvalue weighted by Gasteiger charge is -2.16. The second kappa shape index (κ2) is 7.13. The van der Waals surface area contributed by atoms with E-state index in [4.69, 9.17) is 23.2 Å². The van der Waals surface area contributed by atoms with E-state index >= 15 is 0 Å². The van der Waals surface area contributed by atoms with Crippen molar-refractivity contribution >= 4 is 35.1 Å². The zero-order valence-corrected chi connectivity index (χ0v) is 16.4. The van der Waals surface area contributed by atoms with Gasteiger partial charge in [-0.1, -0.05) is 35.7 Å². The number of hydrogen-bond donors (Lipinski definition) is 0. The van der Waals surface area contributed by atoms with Crippen molar-refractivity contribution in [3.8, 4) is 0 Å². The third-order valence-corrected chi connectivity index (χ3v) is 5.90. The number of aryl methyl sites for hydroxylation is 1. The fraction of sp³-hybridized carbons (Fsp3) is 0.444. The number of benzene rings is 1. The number of carbonyl (C=O) groups is 2. The van der Waals surface area contributed by atoms with E-state index in [1.54, 1.807) is 25.2 Å². The van der Waals surface area contributed by atoms with Crippen LogP contribution in [0.15, 0.2) is 18.2 Å². The Labute approximate surface area is 166 Å². The van der Waals surface area contributed by atoms with Crippen LogP contribution in [0.4, 0.5) is 4.79 Å². The zero-order valence-electron chi connectivity index (χ0n) is 14.9. The highest BCUT2D eigenvalue weighted by atomic mass is 35.5. The van der Waals surface area contributed by atoms with Gasteiger partial charge in [-0.2, -0.15) is 0 Å². The Morgan fingerprint density at radius 1 is 1.11 bits per heavy atom. The van der Waals surface area contributed by atoms with Gasteiger partial charge in [0, 0.05) is 20.0 Å². The summed E-state index contributed by atoms with van der Waals surface area (Å²) in [6.07, 6.45) is 4.15. The predicted octanol–water partition coefficient (Wildman–Crippen LogP) is 3.45. The third-order valence-electron chi connectivity index (χ3n) is 5.16. The fourth-order valence-corrected chi connectivity index (χ4v) is 4.01. The molecule has 0 unspecified atom stereocenters. The van der Waals surface area contributed by atoms with Crippen LogP contribution in [-0.2, 0) is 24.3 Å². The first kappa shape index (κ1) is 18.3. The Morgan fingerprint density at radius 3 is 2.70 bits per heavy atom. The normalized spacial score (nSPS) is 20.2. The number of fused-ring (bicyclic) bond motifs is 1. The minimum Gasteiger partial charge on any atom is -0.313 e. The first-order valence-corrected chi connectivity index (χ1v) is 9.67. The Hall–Kier alpha value is -2.12. The molecule has 2 aromatic rings. The molecule has 9 heteroatoms. The molecule has 0 N–H and O–H groups in total. The van der Waals surface area contributed by atoms with Crippen molar-refractivity contribution in [2.45, 2.75) is 44.8 Å². The SMILES string of the molecule is CN1C(=O)N(Cc2nnc3n2CCCCC3)C(=O)[C@H]1c1ccc(Cl)c(Cl)c1. The van der Waals surface area contributed by atoms with E-state index in [1.807, 2.05) is 4.57 Å². The first-order chi connectivity index (χ1) is 13.0. The monoisotopic (exact) mass is 407 g/mol. The van der Waals surface area contributed by atoms with Crippen LogP contribution >= 0.6 is 23.2 Å². The number of amides is 3. The number of carbonyl (C=O) groups excluding carboxylic acids is 2. The molecule has 2 aliphatic heterocycles. The molecule has 3 heterocycles. The zero-order chi connectivity index (χ0) is 19.1. The van der Waals surface area contributed by atoms with E-state index in [0.29, 0.717) is 21.4 Å². The van der Waals surface area contributed by atoms with E-state index < -0.39 is 6.04 Å². The molecule has 7 nitrogen and oxygen atoms in total. The summed E-state index contributed by atoms with van der Waals surface area (Å²) < 4.78 is 2.04. The molecule has 1 aromatic carbocycles. The Balaban J connectivity index is 1.61. The maximum atomic E-state index is 13.0. The van der Waals surface area contributed by atoms with Crippen LogP contribution in [0.3, 0.4) is 0 Å². The molecule has 0 radical (unpaired) electrons. The van der Waals surface area contributed by atoms with E-state index in [1.165, 1.54) is 9.80 Å². The molecule has 0 aliphatic carbocycles. The van der Waals surface area contributed by atoms with Gasteiger partial charge in [0.15, 0.2) is 5.82 Å². The van der Waals surface area contributed by atoms with Gasteiger partial charge >= 0.3 is 6.03 Å². The van der Waals surface area contributed by atoms with Crippen molar-refractivity contribution in [2.75, 3.05) is 7.05 Å². The van der Waals surface area contributed by atoms with Gasteiger partial charge in [-0.3, -0.25) is 9.69 Å². The van der Waals surface area contributed by atoms with E-state index in [-0.39, 0.29) is 18.5 Å². The van der Waals surface area contributed by atoms with Gasteiger partial charge in [0.25, 0.3) is 5.91 Å². The standard InChI is InChI=1S/C18H19Cl2N5O2/c1-23-16(11-6-7-12(19)13(20)9-11)17(26)25(18(23)27)10-15-22-21-14-5-3-2-4-8-24(14)15/h6-7,9,16H,2-5,8,10H2,1H3/t16-/m1/s1. The molecule has 1 saturated heterocycles. The molecule has 1 fully saturated rings. The van der Waals surface area contributed by atoms with Gasteiger partial charge in [-0.15, -0.1) is 10.2 Å². The average molecular weight is 408 g/mol. The molecule has 1 aromatic heterocycles. The van der Waals surface area contributed by atoms with Crippen LogP contribution in [-0.4, -0.2) is 43.6 Å². The number of aromatic nitrogens is 3. The van der Waals surface area contributed by atoms with Gasteiger partial charge in [0.1, 0.15) is 11.9 Å². The molecule has 0 saturated carbocycles. The predicted molar refractivity (Wildman–Crippen MR) is 100 cm³/mol. The summed E-state index contributed by atoms with van der Waals surface area (Å²) in [5.74, 6) is 1.28. The summed E-state index contributed by atoms with van der Waals surface area (Å²) in [6.45, 7) is 0.937. The van der Waals surface area contributed by atoms with Gasteiger partial charge in [-0.25, -0.2) is 4.79 Å². The maximum absolute atomic E-state index is 13.0. The quantitative estimate of drug-likeness (QED) is 0.730. The Morgan fingerprint density at radius 2 is 1.93 bits per heavy atom. The minimum atomic E-state index is -0.723. The lowest BCUT2D eigenvalue weighted by Crippen LogP contribution is -2.32. The number of hydrogen-bond acceptors (Lipinski definition) is 4. The lowest BCUT2D eigenvalue weighted by atomic mass is 10.1. The van der Waals surface area contributed by atoms with Crippen molar-refractivity contribution < 1.29 is 9.59 Å². The summed E-state index contributed by atoms with van der Waals surface area (Å²) in [4.78, 5) is 28.4. The van der Waals surface area contributed by atoms with E-state index in [9.17, 15) is 9.59 Å². The van der Waals surface area contributed by atoms with Gasteiger partial charge in [-0.05, 0) is 30.5 Å². The Bertz CT molecular complexity index is 913. The number of urea groups is 1. The van der Waals surface area contributed by atoms with Gasteiger partial charge in [0.05, 0.1) is 16.6 Å². The van der Waals surface area contributed by atoms with E-state index in [0.717, 1.165) is 38.1 Å². The van der Waals surface area contributed by atoms with Gasteiger partial charge < -0.3 is 9.47 Å². The maximum Gasteiger partial charge on any atom is 0.327 e. The number of rotatable bonds is 3. The highest BCUT2D eigenvalue weighted by Crippen LogP contribution is 2.34. The molecule has 27 heavy (non-hydrogen) atoms. The first-order valence-electron chi connectivity index (χ1n) is 8.91. The largest absolute Gasteiger partial charge is 0.327 e. The van der Waals surface area contributed by atoms with Crippen molar-refractivity contribution in [3.05, 3.63) is 45.5 Å². The molecule has 2 aliphatic rings. The average Bonchev–Trinajstić information content (AvgIpc) is 2.99. The second-order valence-corrected chi connectivity index (χ2v) is 7.70. The lowest BCUT2D eigenvalue weighted by molar-refractivity contribution is -0.128. The molecule has 0 bridgehead atoms. The highest BCUT2D eigenvalue weighted by molar-refractivity contribution is 6.42. The molecule has 3 amide bonds. The van der Waals surface area contributed by atoms with Crippen molar-refractivity contribution in [2.24, 2.45) is 0 Å². The number of nitrogens with zero attached hydrogens (tertiary/aromatic N) is 5. The minimum absolute atomic E-state index is 0.118. The molecule has 4 rings (SSSR count). The number of halogens is 2. The summed E-state index contributed by atoms with van der Waals surface area (Å²) in [5, 5.41) is 9.23. The molecule has 0 spiro atoms. The smallest absolute Gasteiger partial charge is 0.313 e.